The molecule has 6 heteroatoms. The van der Waals surface area contributed by atoms with Crippen LogP contribution in [0.1, 0.15) is 29.9 Å². The summed E-state index contributed by atoms with van der Waals surface area (Å²) >= 11 is 0. The van der Waals surface area contributed by atoms with Gasteiger partial charge in [-0.15, -0.1) is 0 Å². The summed E-state index contributed by atoms with van der Waals surface area (Å²) in [5.41, 5.74) is 2.36. The summed E-state index contributed by atoms with van der Waals surface area (Å²) in [7, 11) is 0. The number of rotatable bonds is 6. The van der Waals surface area contributed by atoms with E-state index in [1.54, 1.807) is 32.0 Å². The van der Waals surface area contributed by atoms with Crippen LogP contribution in [0.2, 0.25) is 0 Å². The van der Waals surface area contributed by atoms with Gasteiger partial charge >= 0.3 is 11.9 Å². The van der Waals surface area contributed by atoms with E-state index >= 15 is 0 Å². The smallest absolute Gasteiger partial charge is 0.357 e. The molecule has 28 heavy (non-hydrogen) atoms. The summed E-state index contributed by atoms with van der Waals surface area (Å²) in [5.74, 6) is -1.47. The van der Waals surface area contributed by atoms with Crippen LogP contribution in [0.4, 0.5) is 4.39 Å². The summed E-state index contributed by atoms with van der Waals surface area (Å²) < 4.78 is 23.7. The highest BCUT2D eigenvalue weighted by Crippen LogP contribution is 2.34. The molecule has 1 heterocycles. The fraction of sp³-hybridized carbons (Fsp3) is 0.227. The second kappa shape index (κ2) is 8.61. The van der Waals surface area contributed by atoms with Crippen LogP contribution in [-0.2, 0) is 20.7 Å². The van der Waals surface area contributed by atoms with Crippen LogP contribution in [-0.4, -0.2) is 30.1 Å². The third kappa shape index (κ3) is 4.01. The highest BCUT2D eigenvalue weighted by atomic mass is 19.1. The van der Waals surface area contributed by atoms with Gasteiger partial charge in [-0.3, -0.25) is 4.79 Å². The van der Waals surface area contributed by atoms with E-state index in [1.807, 2.05) is 18.2 Å². The van der Waals surface area contributed by atoms with Crippen molar-refractivity contribution >= 4 is 22.8 Å². The number of hydrogen-bond donors (Lipinski definition) is 0. The standard InChI is InChI=1S/C22H20FNO4/c1-3-27-19(25)13-17-20(14-9-11-15(23)12-10-14)16-7-5-6-8-18(16)24-21(17)22(26)28-4-2/h5-12H,3-4,13H2,1-2H3. The van der Waals surface area contributed by atoms with Crippen molar-refractivity contribution in [3.8, 4) is 11.1 Å². The Hall–Kier alpha value is -3.28. The maximum Gasteiger partial charge on any atom is 0.357 e. The predicted molar refractivity (Wildman–Crippen MR) is 103 cm³/mol. The molecule has 144 valence electrons. The Morgan fingerprint density at radius 1 is 0.964 bits per heavy atom. The first-order chi connectivity index (χ1) is 13.5. The average molecular weight is 381 g/mol. The summed E-state index contributed by atoms with van der Waals surface area (Å²) in [6.07, 6.45) is -0.146. The third-order valence-corrected chi connectivity index (χ3v) is 4.22. The fourth-order valence-electron chi connectivity index (χ4n) is 3.09. The third-order valence-electron chi connectivity index (χ3n) is 4.22. The van der Waals surface area contributed by atoms with E-state index in [-0.39, 0.29) is 31.1 Å². The number of nitrogens with zero attached hydrogens (tertiary/aromatic N) is 1. The first kappa shape index (κ1) is 19.5. The molecule has 0 N–H and O–H groups in total. The van der Waals surface area contributed by atoms with Gasteiger partial charge < -0.3 is 9.47 Å². The number of esters is 2. The monoisotopic (exact) mass is 381 g/mol. The summed E-state index contributed by atoms with van der Waals surface area (Å²) in [5, 5.41) is 0.751. The van der Waals surface area contributed by atoms with Gasteiger partial charge in [-0.05, 0) is 43.2 Å². The number of halogens is 1. The molecule has 0 fully saturated rings. The Bertz CT molecular complexity index is 1010. The number of carbonyl (C=O) groups excluding carboxylic acids is 2. The molecule has 0 aliphatic rings. The zero-order chi connectivity index (χ0) is 20.1. The molecule has 5 nitrogen and oxygen atoms in total. The van der Waals surface area contributed by atoms with Crippen LogP contribution < -0.4 is 0 Å². The van der Waals surface area contributed by atoms with E-state index in [2.05, 4.69) is 4.98 Å². The van der Waals surface area contributed by atoms with Gasteiger partial charge in [-0.25, -0.2) is 14.2 Å². The molecule has 0 aliphatic heterocycles. The van der Waals surface area contributed by atoms with Crippen molar-refractivity contribution in [2.75, 3.05) is 13.2 Å². The number of benzene rings is 2. The number of ether oxygens (including phenoxy) is 2. The molecule has 0 amide bonds. The lowest BCUT2D eigenvalue weighted by Crippen LogP contribution is -2.16. The molecule has 0 saturated carbocycles. The highest BCUT2D eigenvalue weighted by Gasteiger charge is 2.24. The number of pyridine rings is 1. The molecule has 3 aromatic rings. The maximum atomic E-state index is 13.5. The minimum absolute atomic E-state index is 0.0629. The molecule has 0 radical (unpaired) electrons. The number of aromatic nitrogens is 1. The van der Waals surface area contributed by atoms with Crippen LogP contribution in [0.15, 0.2) is 48.5 Å². The lowest BCUT2D eigenvalue weighted by Gasteiger charge is -2.16. The van der Waals surface area contributed by atoms with E-state index in [9.17, 15) is 14.0 Å². The largest absolute Gasteiger partial charge is 0.466 e. The van der Waals surface area contributed by atoms with Crippen molar-refractivity contribution in [1.29, 1.82) is 0 Å². The molecular weight excluding hydrogens is 361 g/mol. The van der Waals surface area contributed by atoms with Gasteiger partial charge in [-0.2, -0.15) is 0 Å². The van der Waals surface area contributed by atoms with Crippen molar-refractivity contribution in [1.82, 2.24) is 4.98 Å². The number of carbonyl (C=O) groups is 2. The molecule has 0 saturated heterocycles. The summed E-state index contributed by atoms with van der Waals surface area (Å²) in [6, 6.07) is 13.2. The van der Waals surface area contributed by atoms with Crippen molar-refractivity contribution in [3.63, 3.8) is 0 Å². The molecular formula is C22H20FNO4. The lowest BCUT2D eigenvalue weighted by molar-refractivity contribution is -0.142. The number of hydrogen-bond acceptors (Lipinski definition) is 5. The maximum absolute atomic E-state index is 13.5. The van der Waals surface area contributed by atoms with Gasteiger partial charge in [-0.1, -0.05) is 30.3 Å². The van der Waals surface area contributed by atoms with E-state index in [4.69, 9.17) is 9.47 Å². The lowest BCUT2D eigenvalue weighted by atomic mass is 9.92. The van der Waals surface area contributed by atoms with Crippen molar-refractivity contribution < 1.29 is 23.5 Å². The van der Waals surface area contributed by atoms with Crippen LogP contribution in [0.5, 0.6) is 0 Å². The SMILES string of the molecule is CCOC(=O)Cc1c(C(=O)OCC)nc2ccccc2c1-c1ccc(F)cc1. The van der Waals surface area contributed by atoms with Crippen LogP contribution in [0.3, 0.4) is 0 Å². The van der Waals surface area contributed by atoms with E-state index in [0.717, 1.165) is 5.39 Å². The zero-order valence-corrected chi connectivity index (χ0v) is 15.7. The van der Waals surface area contributed by atoms with Crippen LogP contribution in [0, 0.1) is 5.82 Å². The molecule has 3 rings (SSSR count). The highest BCUT2D eigenvalue weighted by molar-refractivity contribution is 6.03. The Morgan fingerprint density at radius 2 is 1.64 bits per heavy atom. The molecule has 0 spiro atoms. The fourth-order valence-corrected chi connectivity index (χ4v) is 3.09. The molecule has 0 aliphatic carbocycles. The van der Waals surface area contributed by atoms with Crippen molar-refractivity contribution in [2.24, 2.45) is 0 Å². The van der Waals surface area contributed by atoms with Gasteiger partial charge in [0.2, 0.25) is 0 Å². The minimum Gasteiger partial charge on any atom is -0.466 e. The topological polar surface area (TPSA) is 65.5 Å². The van der Waals surface area contributed by atoms with Gasteiger partial charge in [0.15, 0.2) is 5.69 Å². The molecule has 0 unspecified atom stereocenters. The number of para-hydroxylation sites is 1. The Morgan fingerprint density at radius 3 is 2.32 bits per heavy atom. The second-order valence-electron chi connectivity index (χ2n) is 6.04. The quantitative estimate of drug-likeness (QED) is 0.595. The van der Waals surface area contributed by atoms with Crippen LogP contribution >= 0.6 is 0 Å². The molecule has 0 atom stereocenters. The van der Waals surface area contributed by atoms with E-state index < -0.39 is 11.9 Å². The Kier molecular flexibility index (Phi) is 5.99. The normalized spacial score (nSPS) is 10.7. The molecule has 2 aromatic carbocycles. The Balaban J connectivity index is 2.32. The number of fused-ring (bicyclic) bond motifs is 1. The van der Waals surface area contributed by atoms with Crippen molar-refractivity contribution in [2.45, 2.75) is 20.3 Å². The van der Waals surface area contributed by atoms with Crippen LogP contribution in [0.25, 0.3) is 22.0 Å². The molecule has 1 aromatic heterocycles. The summed E-state index contributed by atoms with van der Waals surface area (Å²) in [4.78, 5) is 29.3. The van der Waals surface area contributed by atoms with Crippen molar-refractivity contribution in [3.05, 3.63) is 65.6 Å². The first-order valence-electron chi connectivity index (χ1n) is 9.05. The molecule has 0 bridgehead atoms. The first-order valence-corrected chi connectivity index (χ1v) is 9.05. The van der Waals surface area contributed by atoms with Gasteiger partial charge in [0, 0.05) is 10.9 Å². The summed E-state index contributed by atoms with van der Waals surface area (Å²) in [6.45, 7) is 3.81. The van der Waals surface area contributed by atoms with Gasteiger partial charge in [0.1, 0.15) is 5.82 Å². The van der Waals surface area contributed by atoms with Gasteiger partial charge in [0.25, 0.3) is 0 Å². The minimum atomic E-state index is -0.615. The van der Waals surface area contributed by atoms with E-state index in [1.165, 1.54) is 12.1 Å². The average Bonchev–Trinajstić information content (AvgIpc) is 2.68. The Labute approximate surface area is 162 Å². The predicted octanol–water partition coefficient (Wildman–Crippen LogP) is 4.32. The van der Waals surface area contributed by atoms with Gasteiger partial charge in [0.05, 0.1) is 25.2 Å². The second-order valence-corrected chi connectivity index (χ2v) is 6.04. The van der Waals surface area contributed by atoms with E-state index in [0.29, 0.717) is 22.2 Å². The zero-order valence-electron chi connectivity index (χ0n) is 15.7.